The van der Waals surface area contributed by atoms with E-state index in [1.54, 1.807) is 0 Å². The number of fused-ring (bicyclic) bond motifs is 1. The molecule has 1 aromatic rings. The van der Waals surface area contributed by atoms with Crippen LogP contribution in [-0.2, 0) is 13.1 Å². The number of rotatable bonds is 2. The third-order valence-electron chi connectivity index (χ3n) is 4.36. The van der Waals surface area contributed by atoms with Crippen molar-refractivity contribution in [3.63, 3.8) is 0 Å². The Balaban J connectivity index is 1.77. The molecule has 1 aromatic carbocycles. The molecule has 1 heterocycles. The Morgan fingerprint density at radius 3 is 2.56 bits per heavy atom. The lowest BCUT2D eigenvalue weighted by Gasteiger charge is -2.28. The summed E-state index contributed by atoms with van der Waals surface area (Å²) in [6.07, 6.45) is 3.57. The van der Waals surface area contributed by atoms with Crippen LogP contribution in [0.2, 0.25) is 0 Å². The second kappa shape index (κ2) is 3.99. The molecular weight excluding hydrogens is 222 g/mol. The van der Waals surface area contributed by atoms with Crippen molar-refractivity contribution in [2.45, 2.75) is 58.7 Å². The van der Waals surface area contributed by atoms with Gasteiger partial charge in [0.15, 0.2) is 0 Å². The maximum atomic E-state index is 6.30. The molecule has 2 heteroatoms. The van der Waals surface area contributed by atoms with Crippen molar-refractivity contribution < 1.29 is 4.74 Å². The van der Waals surface area contributed by atoms with Crippen molar-refractivity contribution >= 4 is 0 Å². The third kappa shape index (κ3) is 2.26. The van der Waals surface area contributed by atoms with Gasteiger partial charge in [-0.1, -0.05) is 19.9 Å². The number of hydrogen-bond donors (Lipinski definition) is 1. The largest absolute Gasteiger partial charge is 0.488 e. The van der Waals surface area contributed by atoms with Crippen molar-refractivity contribution in [1.82, 2.24) is 5.32 Å². The molecule has 1 aliphatic heterocycles. The van der Waals surface area contributed by atoms with E-state index in [-0.39, 0.29) is 5.60 Å². The fraction of sp³-hybridized carbons (Fsp3) is 0.625. The molecule has 2 aliphatic rings. The Hall–Kier alpha value is -1.02. The molecule has 0 amide bonds. The average molecular weight is 245 g/mol. The van der Waals surface area contributed by atoms with Crippen LogP contribution in [-0.4, -0.2) is 5.60 Å². The molecule has 0 radical (unpaired) electrons. The Kier molecular flexibility index (Phi) is 2.67. The highest BCUT2D eigenvalue weighted by molar-refractivity contribution is 5.38. The van der Waals surface area contributed by atoms with Gasteiger partial charge in [0.25, 0.3) is 0 Å². The quantitative estimate of drug-likeness (QED) is 0.859. The summed E-state index contributed by atoms with van der Waals surface area (Å²) >= 11 is 0. The maximum Gasteiger partial charge on any atom is 0.120 e. The number of ether oxygens (including phenoxy) is 1. The Morgan fingerprint density at radius 2 is 1.83 bits per heavy atom. The maximum absolute atomic E-state index is 6.30. The second-order valence-electron chi connectivity index (χ2n) is 6.93. The minimum Gasteiger partial charge on any atom is -0.488 e. The molecular formula is C16H23NO. The summed E-state index contributed by atoms with van der Waals surface area (Å²) in [7, 11) is 0. The predicted octanol–water partition coefficient (Wildman–Crippen LogP) is 3.64. The molecule has 1 fully saturated rings. The van der Waals surface area contributed by atoms with Crippen molar-refractivity contribution in [3.8, 4) is 5.75 Å². The predicted molar refractivity (Wildman–Crippen MR) is 73.7 cm³/mol. The lowest BCUT2D eigenvalue weighted by molar-refractivity contribution is 0.0847. The smallest absolute Gasteiger partial charge is 0.120 e. The van der Waals surface area contributed by atoms with Gasteiger partial charge in [0.1, 0.15) is 11.4 Å². The highest BCUT2D eigenvalue weighted by atomic mass is 16.5. The van der Waals surface area contributed by atoms with Crippen molar-refractivity contribution in [3.05, 3.63) is 29.3 Å². The first kappa shape index (κ1) is 12.0. The van der Waals surface area contributed by atoms with Crippen molar-refractivity contribution in [2.24, 2.45) is 5.41 Å². The normalized spacial score (nSPS) is 29.3. The molecule has 98 valence electrons. The molecule has 18 heavy (non-hydrogen) atoms. The first-order valence-corrected chi connectivity index (χ1v) is 6.97. The minimum atomic E-state index is 0.0176. The lowest BCUT2D eigenvalue weighted by atomic mass is 9.90. The molecule has 2 nitrogen and oxygen atoms in total. The van der Waals surface area contributed by atoms with Gasteiger partial charge in [0, 0.05) is 13.1 Å². The van der Waals surface area contributed by atoms with E-state index < -0.39 is 0 Å². The minimum absolute atomic E-state index is 0.0176. The van der Waals surface area contributed by atoms with Crippen molar-refractivity contribution in [2.75, 3.05) is 0 Å². The van der Waals surface area contributed by atoms with E-state index in [9.17, 15) is 0 Å². The van der Waals surface area contributed by atoms with Crippen molar-refractivity contribution in [1.29, 1.82) is 0 Å². The summed E-state index contributed by atoms with van der Waals surface area (Å²) in [6, 6.07) is 6.54. The first-order valence-electron chi connectivity index (χ1n) is 6.97. The van der Waals surface area contributed by atoms with Crippen LogP contribution < -0.4 is 10.1 Å². The lowest BCUT2D eigenvalue weighted by Crippen LogP contribution is -2.30. The van der Waals surface area contributed by atoms with Gasteiger partial charge < -0.3 is 10.1 Å². The highest BCUT2D eigenvalue weighted by Crippen LogP contribution is 2.45. The summed E-state index contributed by atoms with van der Waals surface area (Å²) in [5.41, 5.74) is 3.25. The molecule has 0 aromatic heterocycles. The molecule has 3 rings (SSSR count). The average Bonchev–Trinajstić information content (AvgIpc) is 2.82. The van der Waals surface area contributed by atoms with E-state index in [0.29, 0.717) is 5.41 Å². The Morgan fingerprint density at radius 1 is 1.06 bits per heavy atom. The van der Waals surface area contributed by atoms with Crippen LogP contribution in [0.5, 0.6) is 5.75 Å². The molecule has 0 saturated heterocycles. The molecule has 0 spiro atoms. The second-order valence-corrected chi connectivity index (χ2v) is 6.93. The van der Waals surface area contributed by atoms with Crippen LogP contribution in [0.3, 0.4) is 0 Å². The number of hydrogen-bond acceptors (Lipinski definition) is 2. The van der Waals surface area contributed by atoms with Crippen LogP contribution in [0.15, 0.2) is 18.2 Å². The molecule has 1 N–H and O–H groups in total. The Labute approximate surface area is 110 Å². The SMILES string of the molecule is CC1(C)CCC(C)(Oc2ccc3c(c2)CNC3)C1. The fourth-order valence-electron chi connectivity index (χ4n) is 3.50. The zero-order valence-corrected chi connectivity index (χ0v) is 11.7. The van der Waals surface area contributed by atoms with Crippen LogP contribution >= 0.6 is 0 Å². The topological polar surface area (TPSA) is 21.3 Å². The monoisotopic (exact) mass is 245 g/mol. The van der Waals surface area contributed by atoms with E-state index in [1.165, 1.54) is 17.5 Å². The van der Waals surface area contributed by atoms with Crippen LogP contribution in [0.4, 0.5) is 0 Å². The van der Waals surface area contributed by atoms with Gasteiger partial charge in [-0.3, -0.25) is 0 Å². The summed E-state index contributed by atoms with van der Waals surface area (Å²) in [6.45, 7) is 8.92. The van der Waals surface area contributed by atoms with Gasteiger partial charge in [-0.25, -0.2) is 0 Å². The molecule has 1 unspecified atom stereocenters. The van der Waals surface area contributed by atoms with E-state index in [0.717, 1.165) is 31.7 Å². The van der Waals surface area contributed by atoms with Gasteiger partial charge in [-0.2, -0.15) is 0 Å². The molecule has 1 atom stereocenters. The van der Waals surface area contributed by atoms with Gasteiger partial charge in [-0.15, -0.1) is 0 Å². The van der Waals surface area contributed by atoms with E-state index >= 15 is 0 Å². The molecule has 1 aliphatic carbocycles. The first-order chi connectivity index (χ1) is 8.46. The zero-order valence-electron chi connectivity index (χ0n) is 11.7. The van der Waals surface area contributed by atoms with Gasteiger partial charge in [-0.05, 0) is 54.9 Å². The van der Waals surface area contributed by atoms with E-state index in [4.69, 9.17) is 4.74 Å². The van der Waals surface area contributed by atoms with Gasteiger partial charge >= 0.3 is 0 Å². The van der Waals surface area contributed by atoms with E-state index in [1.807, 2.05) is 0 Å². The van der Waals surface area contributed by atoms with Crippen LogP contribution in [0.1, 0.15) is 51.2 Å². The highest BCUT2D eigenvalue weighted by Gasteiger charge is 2.41. The number of benzene rings is 1. The number of nitrogens with one attached hydrogen (secondary N) is 1. The summed E-state index contributed by atoms with van der Waals surface area (Å²) in [5.74, 6) is 1.04. The summed E-state index contributed by atoms with van der Waals surface area (Å²) < 4.78 is 6.30. The van der Waals surface area contributed by atoms with E-state index in [2.05, 4.69) is 44.3 Å². The van der Waals surface area contributed by atoms with Crippen LogP contribution in [0.25, 0.3) is 0 Å². The summed E-state index contributed by atoms with van der Waals surface area (Å²) in [4.78, 5) is 0. The fourth-order valence-corrected chi connectivity index (χ4v) is 3.50. The van der Waals surface area contributed by atoms with Gasteiger partial charge in [0.05, 0.1) is 0 Å². The zero-order chi connectivity index (χ0) is 12.8. The molecule has 1 saturated carbocycles. The van der Waals surface area contributed by atoms with Crippen LogP contribution in [0, 0.1) is 5.41 Å². The molecule has 0 bridgehead atoms. The van der Waals surface area contributed by atoms with Gasteiger partial charge in [0.2, 0.25) is 0 Å². The Bertz CT molecular complexity index is 466. The third-order valence-corrected chi connectivity index (χ3v) is 4.36. The summed E-state index contributed by atoms with van der Waals surface area (Å²) in [5, 5.41) is 3.38. The standard InChI is InChI=1S/C16H23NO/c1-15(2)6-7-16(3,11-15)18-14-5-4-12-9-17-10-13(12)8-14/h4-5,8,17H,6-7,9-11H2,1-3H3.